The van der Waals surface area contributed by atoms with Crippen LogP contribution in [0.2, 0.25) is 0 Å². The van der Waals surface area contributed by atoms with Crippen molar-refractivity contribution in [1.29, 1.82) is 0 Å². The highest BCUT2D eigenvalue weighted by atomic mass is 16.6. The maximum Gasteiger partial charge on any atom is 0.306 e. The number of esters is 3. The van der Waals surface area contributed by atoms with E-state index >= 15 is 0 Å². The van der Waals surface area contributed by atoms with Crippen molar-refractivity contribution in [3.63, 3.8) is 0 Å². The highest BCUT2D eigenvalue weighted by Crippen LogP contribution is 2.15. The minimum Gasteiger partial charge on any atom is -0.462 e. The molecule has 83 heavy (non-hydrogen) atoms. The fourth-order valence-corrected chi connectivity index (χ4v) is 8.76. The zero-order valence-electron chi connectivity index (χ0n) is 53.4. The van der Waals surface area contributed by atoms with E-state index in [-0.39, 0.29) is 31.1 Å². The summed E-state index contributed by atoms with van der Waals surface area (Å²) in [6.07, 6.45) is 102. The van der Waals surface area contributed by atoms with E-state index in [1.165, 1.54) is 70.6 Å². The monoisotopic (exact) mass is 1140 g/mol. The molecule has 0 aromatic heterocycles. The van der Waals surface area contributed by atoms with Crippen LogP contribution in [0.5, 0.6) is 0 Å². The van der Waals surface area contributed by atoms with Gasteiger partial charge >= 0.3 is 17.9 Å². The molecule has 6 nitrogen and oxygen atoms in total. The standard InChI is InChI=1S/C77H122O6/c1-4-7-10-13-16-18-20-22-24-26-28-30-32-33-34-35-36-37-38-39-40-41-42-43-45-46-48-50-52-54-56-58-61-64-67-70-76(79)82-73-74(72-81-75(78)69-66-63-60-15-12-9-6-3)83-77(80)71-68-65-62-59-57-55-53-51-49-47-44-31-29-27-25-23-21-19-17-14-11-8-5-2/h7-8,10-11,16-19,22-25,28-31,33-34,36-37,39-40,42-43,47,49,53,55,74H,4-6,9,12-15,20-21,26-27,32,35,38,41,44-46,48,50-52,54,56-73H2,1-3H3/b10-7-,11-8-,18-16-,19-17-,24-22-,25-23-,30-28-,31-29-,34-33-,37-36-,40-39-,43-42-,49-47-,55-53-. The molecule has 1 atom stereocenters. The predicted octanol–water partition coefficient (Wildman–Crippen LogP) is 23.4. The molecule has 0 saturated heterocycles. The molecule has 0 aromatic carbocycles. The van der Waals surface area contributed by atoms with E-state index in [0.29, 0.717) is 19.3 Å². The van der Waals surface area contributed by atoms with Crippen LogP contribution in [-0.4, -0.2) is 37.2 Å². The molecule has 0 N–H and O–H groups in total. The Morgan fingerprint density at radius 2 is 0.470 bits per heavy atom. The Labute approximate surface area is 511 Å². The number of hydrogen-bond acceptors (Lipinski definition) is 6. The average molecular weight is 1140 g/mol. The van der Waals surface area contributed by atoms with E-state index < -0.39 is 6.10 Å². The van der Waals surface area contributed by atoms with Gasteiger partial charge in [0.1, 0.15) is 13.2 Å². The van der Waals surface area contributed by atoms with Gasteiger partial charge in [-0.1, -0.05) is 294 Å². The van der Waals surface area contributed by atoms with Crippen molar-refractivity contribution < 1.29 is 28.6 Å². The van der Waals surface area contributed by atoms with E-state index in [1.54, 1.807) is 0 Å². The minimum atomic E-state index is -0.799. The Hall–Kier alpha value is -5.23. The maximum atomic E-state index is 12.9. The molecule has 0 aliphatic rings. The molecule has 0 amide bonds. The summed E-state index contributed by atoms with van der Waals surface area (Å²) in [7, 11) is 0. The smallest absolute Gasteiger partial charge is 0.306 e. The van der Waals surface area contributed by atoms with Crippen molar-refractivity contribution in [3.05, 3.63) is 170 Å². The summed E-state index contributed by atoms with van der Waals surface area (Å²) in [5, 5.41) is 0. The van der Waals surface area contributed by atoms with Crippen molar-refractivity contribution >= 4 is 17.9 Å². The van der Waals surface area contributed by atoms with Crippen LogP contribution in [0.4, 0.5) is 0 Å². The Bertz CT molecular complexity index is 1890. The lowest BCUT2D eigenvalue weighted by Crippen LogP contribution is -2.30. The first-order valence-corrected chi connectivity index (χ1v) is 33.6. The van der Waals surface area contributed by atoms with Gasteiger partial charge in [0, 0.05) is 19.3 Å². The van der Waals surface area contributed by atoms with Crippen LogP contribution in [0.25, 0.3) is 0 Å². The topological polar surface area (TPSA) is 78.9 Å². The van der Waals surface area contributed by atoms with Gasteiger partial charge in [0.05, 0.1) is 0 Å². The number of carbonyl (C=O) groups excluding carboxylic acids is 3. The molecule has 0 radical (unpaired) electrons. The molecule has 0 rings (SSSR count). The molecule has 0 bridgehead atoms. The van der Waals surface area contributed by atoms with Gasteiger partial charge in [-0.2, -0.15) is 0 Å². The second-order valence-corrected chi connectivity index (χ2v) is 21.6. The quantitative estimate of drug-likeness (QED) is 0.0261. The molecular weight excluding hydrogens is 1020 g/mol. The molecule has 0 heterocycles. The van der Waals surface area contributed by atoms with Crippen LogP contribution in [0, 0.1) is 0 Å². The largest absolute Gasteiger partial charge is 0.462 e. The normalized spacial score (nSPS) is 13.2. The first-order chi connectivity index (χ1) is 41.0. The van der Waals surface area contributed by atoms with E-state index in [1.807, 2.05) is 0 Å². The lowest BCUT2D eigenvalue weighted by molar-refractivity contribution is -0.167. The number of hydrogen-bond donors (Lipinski definition) is 0. The van der Waals surface area contributed by atoms with Gasteiger partial charge in [0.25, 0.3) is 0 Å². The molecular formula is C77H122O6. The molecule has 0 spiro atoms. The third kappa shape index (κ3) is 67.4. The fraction of sp³-hybridized carbons (Fsp3) is 0.597. The van der Waals surface area contributed by atoms with Crippen molar-refractivity contribution in [2.45, 2.75) is 284 Å². The first kappa shape index (κ1) is 77.8. The van der Waals surface area contributed by atoms with Crippen LogP contribution in [0.1, 0.15) is 278 Å². The Morgan fingerprint density at radius 3 is 0.735 bits per heavy atom. The Kier molecular flexibility index (Phi) is 64.9. The van der Waals surface area contributed by atoms with Crippen LogP contribution >= 0.6 is 0 Å². The number of carbonyl (C=O) groups is 3. The summed E-state index contributed by atoms with van der Waals surface area (Å²) in [5.41, 5.74) is 0. The molecule has 6 heteroatoms. The van der Waals surface area contributed by atoms with Gasteiger partial charge in [-0.05, 0) is 135 Å². The van der Waals surface area contributed by atoms with Crippen LogP contribution < -0.4 is 0 Å². The molecule has 0 saturated carbocycles. The van der Waals surface area contributed by atoms with E-state index in [4.69, 9.17) is 14.2 Å². The van der Waals surface area contributed by atoms with Gasteiger partial charge in [-0.3, -0.25) is 14.4 Å². The zero-order valence-corrected chi connectivity index (χ0v) is 53.4. The van der Waals surface area contributed by atoms with Crippen LogP contribution in [-0.2, 0) is 28.6 Å². The van der Waals surface area contributed by atoms with Gasteiger partial charge < -0.3 is 14.2 Å². The fourth-order valence-electron chi connectivity index (χ4n) is 8.76. The van der Waals surface area contributed by atoms with Crippen molar-refractivity contribution in [2.24, 2.45) is 0 Å². The van der Waals surface area contributed by atoms with Gasteiger partial charge in [-0.15, -0.1) is 0 Å². The zero-order chi connectivity index (χ0) is 59.9. The van der Waals surface area contributed by atoms with Crippen molar-refractivity contribution in [2.75, 3.05) is 13.2 Å². The second-order valence-electron chi connectivity index (χ2n) is 21.6. The van der Waals surface area contributed by atoms with Crippen molar-refractivity contribution in [3.8, 4) is 0 Å². The number of ether oxygens (including phenoxy) is 3. The third-order valence-corrected chi connectivity index (χ3v) is 13.7. The van der Waals surface area contributed by atoms with Gasteiger partial charge in [0.15, 0.2) is 6.10 Å². The molecule has 0 aliphatic carbocycles. The number of allylic oxidation sites excluding steroid dienone is 28. The Balaban J connectivity index is 4.18. The molecule has 0 aromatic rings. The van der Waals surface area contributed by atoms with E-state index in [9.17, 15) is 14.4 Å². The summed E-state index contributed by atoms with van der Waals surface area (Å²) in [6.45, 7) is 6.34. The molecule has 1 unspecified atom stereocenters. The average Bonchev–Trinajstić information content (AvgIpc) is 3.49. The lowest BCUT2D eigenvalue weighted by Gasteiger charge is -2.18. The first-order valence-electron chi connectivity index (χ1n) is 33.6. The summed E-state index contributed by atoms with van der Waals surface area (Å²) in [4.78, 5) is 38.1. The predicted molar refractivity (Wildman–Crippen MR) is 361 cm³/mol. The van der Waals surface area contributed by atoms with Gasteiger partial charge in [0.2, 0.25) is 0 Å². The lowest BCUT2D eigenvalue weighted by atomic mass is 10.1. The number of rotatable bonds is 59. The maximum absolute atomic E-state index is 12.9. The molecule has 0 aliphatic heterocycles. The minimum absolute atomic E-state index is 0.0948. The summed E-state index contributed by atoms with van der Waals surface area (Å²) < 4.78 is 16.8. The third-order valence-electron chi connectivity index (χ3n) is 13.7. The van der Waals surface area contributed by atoms with Gasteiger partial charge in [-0.25, -0.2) is 0 Å². The SMILES string of the molecule is CC/C=C\C/C=C\C/C=C\C/C=C\C/C=C\C/C=C\C/C=C\C/C=C\CCCCCCCCCCCCC(=O)OCC(COC(=O)CCCCCCCCC)OC(=O)CCCCCC/C=C\C/C=C\C/C=C\C/C=C\C/C=C\C/C=C\CC. The second kappa shape index (κ2) is 69.3. The van der Waals surface area contributed by atoms with E-state index in [0.717, 1.165) is 167 Å². The van der Waals surface area contributed by atoms with Crippen LogP contribution in [0.3, 0.4) is 0 Å². The summed E-state index contributed by atoms with van der Waals surface area (Å²) in [5.74, 6) is -0.934. The highest BCUT2D eigenvalue weighted by Gasteiger charge is 2.19. The summed E-state index contributed by atoms with van der Waals surface area (Å²) >= 11 is 0. The molecule has 466 valence electrons. The highest BCUT2D eigenvalue weighted by molar-refractivity contribution is 5.71. The number of unbranched alkanes of at least 4 members (excludes halogenated alkanes) is 20. The molecule has 0 fully saturated rings. The van der Waals surface area contributed by atoms with Crippen LogP contribution in [0.15, 0.2) is 170 Å². The van der Waals surface area contributed by atoms with Crippen molar-refractivity contribution in [1.82, 2.24) is 0 Å². The summed E-state index contributed by atoms with van der Waals surface area (Å²) in [6, 6.07) is 0. The van der Waals surface area contributed by atoms with E-state index in [2.05, 4.69) is 191 Å². The Morgan fingerprint density at radius 1 is 0.253 bits per heavy atom.